The first kappa shape index (κ1) is 20.9. The summed E-state index contributed by atoms with van der Waals surface area (Å²) in [6.07, 6.45) is 2.75. The topological polar surface area (TPSA) is 77.7 Å². The molecular formula is C24H27N3O4. The minimum atomic E-state index is 0.186. The van der Waals surface area contributed by atoms with Gasteiger partial charge in [0.2, 0.25) is 17.6 Å². The largest absolute Gasteiger partial charge is 0.497 e. The monoisotopic (exact) mass is 421 g/mol. The molecule has 1 unspecified atom stereocenters. The van der Waals surface area contributed by atoms with E-state index in [0.29, 0.717) is 36.9 Å². The zero-order chi connectivity index (χ0) is 21.6. The lowest BCUT2D eigenvalue weighted by molar-refractivity contribution is -0.130. The normalized spacial score (nSPS) is 15.8. The third-order valence-electron chi connectivity index (χ3n) is 5.73. The number of aromatic nitrogens is 2. The van der Waals surface area contributed by atoms with Crippen LogP contribution >= 0.6 is 0 Å². The summed E-state index contributed by atoms with van der Waals surface area (Å²) < 4.78 is 15.7. The highest BCUT2D eigenvalue weighted by Crippen LogP contribution is 2.29. The van der Waals surface area contributed by atoms with Crippen molar-refractivity contribution in [1.29, 1.82) is 0 Å². The zero-order valence-electron chi connectivity index (χ0n) is 17.9. The molecule has 1 aromatic heterocycles. The molecule has 0 saturated carbocycles. The molecule has 4 rings (SSSR count). The van der Waals surface area contributed by atoms with Crippen molar-refractivity contribution in [2.45, 2.75) is 31.6 Å². The predicted octanol–water partition coefficient (Wildman–Crippen LogP) is 4.09. The highest BCUT2D eigenvalue weighted by atomic mass is 16.5. The van der Waals surface area contributed by atoms with Gasteiger partial charge in [0.25, 0.3) is 0 Å². The highest BCUT2D eigenvalue weighted by Gasteiger charge is 2.27. The number of carbonyl (C=O) groups is 1. The summed E-state index contributed by atoms with van der Waals surface area (Å²) in [5, 5.41) is 4.04. The summed E-state index contributed by atoms with van der Waals surface area (Å²) in [4.78, 5) is 19.0. The third-order valence-corrected chi connectivity index (χ3v) is 5.73. The summed E-state index contributed by atoms with van der Waals surface area (Å²) in [7, 11) is 3.29. The Morgan fingerprint density at radius 2 is 1.74 bits per heavy atom. The van der Waals surface area contributed by atoms with Crippen LogP contribution in [0.2, 0.25) is 0 Å². The van der Waals surface area contributed by atoms with Crippen molar-refractivity contribution in [3.05, 3.63) is 60.0 Å². The van der Waals surface area contributed by atoms with Gasteiger partial charge in [0.15, 0.2) is 0 Å². The first-order valence-electron chi connectivity index (χ1n) is 10.5. The van der Waals surface area contributed by atoms with Gasteiger partial charge in [0.05, 0.1) is 14.2 Å². The van der Waals surface area contributed by atoms with Crippen molar-refractivity contribution < 1.29 is 18.8 Å². The number of rotatable bonds is 8. The average Bonchev–Trinajstić information content (AvgIpc) is 3.49. The van der Waals surface area contributed by atoms with E-state index in [1.54, 1.807) is 14.2 Å². The molecule has 1 saturated heterocycles. The first-order chi connectivity index (χ1) is 15.2. The minimum Gasteiger partial charge on any atom is -0.497 e. The van der Waals surface area contributed by atoms with E-state index in [9.17, 15) is 4.79 Å². The van der Waals surface area contributed by atoms with Crippen LogP contribution < -0.4 is 9.47 Å². The molecule has 1 atom stereocenters. The number of nitrogens with zero attached hydrogens (tertiary/aromatic N) is 3. The number of likely N-dealkylation sites (tertiary alicyclic amines) is 1. The van der Waals surface area contributed by atoms with Crippen LogP contribution in [0.3, 0.4) is 0 Å². The zero-order valence-corrected chi connectivity index (χ0v) is 17.9. The molecular weight excluding hydrogens is 394 g/mol. The number of benzene rings is 2. The Labute approximate surface area is 182 Å². The number of ether oxygens (including phenoxy) is 2. The van der Waals surface area contributed by atoms with Gasteiger partial charge in [-0.1, -0.05) is 17.3 Å². The number of aryl methyl sites for hydroxylation is 1. The van der Waals surface area contributed by atoms with E-state index in [0.717, 1.165) is 36.6 Å². The van der Waals surface area contributed by atoms with Crippen LogP contribution in [0.25, 0.3) is 11.4 Å². The lowest BCUT2D eigenvalue weighted by Gasteiger charge is -2.16. The van der Waals surface area contributed by atoms with Crippen LogP contribution in [0.15, 0.2) is 53.1 Å². The summed E-state index contributed by atoms with van der Waals surface area (Å²) in [5.74, 6) is 3.30. The Bertz CT molecular complexity index is 998. The van der Waals surface area contributed by atoms with E-state index in [2.05, 4.69) is 22.3 Å². The fourth-order valence-electron chi connectivity index (χ4n) is 3.90. The van der Waals surface area contributed by atoms with Crippen LogP contribution in [0.4, 0.5) is 0 Å². The molecule has 7 nitrogen and oxygen atoms in total. The van der Waals surface area contributed by atoms with Crippen molar-refractivity contribution in [3.63, 3.8) is 0 Å². The molecule has 0 radical (unpaired) electrons. The van der Waals surface area contributed by atoms with E-state index >= 15 is 0 Å². The van der Waals surface area contributed by atoms with Gasteiger partial charge in [-0.3, -0.25) is 4.79 Å². The number of carbonyl (C=O) groups excluding carboxylic acids is 1. The van der Waals surface area contributed by atoms with Gasteiger partial charge in [-0.15, -0.1) is 0 Å². The standard InChI is InChI=1S/C24H27N3O4/c1-29-20-10-6-17(7-11-20)19-14-15-27(16-19)23(28)5-3-4-22-25-24(26-31-22)18-8-12-21(30-2)13-9-18/h6-13,19H,3-5,14-16H2,1-2H3. The fourth-order valence-corrected chi connectivity index (χ4v) is 3.90. The van der Waals surface area contributed by atoms with Crippen molar-refractivity contribution in [1.82, 2.24) is 15.0 Å². The van der Waals surface area contributed by atoms with Crippen molar-refractivity contribution in [3.8, 4) is 22.9 Å². The van der Waals surface area contributed by atoms with Crippen molar-refractivity contribution in [2.24, 2.45) is 0 Å². The van der Waals surface area contributed by atoms with Crippen LogP contribution in [-0.4, -0.2) is 48.3 Å². The van der Waals surface area contributed by atoms with Crippen LogP contribution in [0, 0.1) is 0 Å². The molecule has 0 spiro atoms. The molecule has 1 aliphatic heterocycles. The summed E-state index contributed by atoms with van der Waals surface area (Å²) in [5.41, 5.74) is 2.13. The van der Waals surface area contributed by atoms with Crippen LogP contribution in [-0.2, 0) is 11.2 Å². The molecule has 3 aromatic rings. The quantitative estimate of drug-likeness (QED) is 0.545. The summed E-state index contributed by atoms with van der Waals surface area (Å²) >= 11 is 0. The fraction of sp³-hybridized carbons (Fsp3) is 0.375. The molecule has 1 aliphatic rings. The summed E-state index contributed by atoms with van der Waals surface area (Å²) in [6.45, 7) is 1.57. The maximum absolute atomic E-state index is 12.6. The minimum absolute atomic E-state index is 0.186. The Morgan fingerprint density at radius 1 is 1.06 bits per heavy atom. The molecule has 0 N–H and O–H groups in total. The molecule has 7 heteroatoms. The molecule has 162 valence electrons. The number of methoxy groups -OCH3 is 2. The van der Waals surface area contributed by atoms with Gasteiger partial charge in [-0.25, -0.2) is 0 Å². The van der Waals surface area contributed by atoms with Crippen LogP contribution in [0.1, 0.15) is 36.6 Å². The molecule has 31 heavy (non-hydrogen) atoms. The van der Waals surface area contributed by atoms with E-state index in [1.807, 2.05) is 41.3 Å². The smallest absolute Gasteiger partial charge is 0.226 e. The Morgan fingerprint density at radius 3 is 2.42 bits per heavy atom. The lowest BCUT2D eigenvalue weighted by atomic mass is 9.98. The predicted molar refractivity (Wildman–Crippen MR) is 116 cm³/mol. The third kappa shape index (κ3) is 5.05. The Balaban J connectivity index is 1.24. The molecule has 1 fully saturated rings. The van der Waals surface area contributed by atoms with Gasteiger partial charge in [-0.05, 0) is 54.8 Å². The average molecular weight is 421 g/mol. The summed E-state index contributed by atoms with van der Waals surface area (Å²) in [6, 6.07) is 15.6. The van der Waals surface area contributed by atoms with Crippen molar-refractivity contribution >= 4 is 5.91 Å². The number of hydrogen-bond donors (Lipinski definition) is 0. The van der Waals surface area contributed by atoms with Gasteiger partial charge in [0.1, 0.15) is 11.5 Å². The molecule has 2 aromatic carbocycles. The second kappa shape index (κ2) is 9.64. The van der Waals surface area contributed by atoms with E-state index < -0.39 is 0 Å². The van der Waals surface area contributed by atoms with E-state index in [4.69, 9.17) is 14.0 Å². The van der Waals surface area contributed by atoms with Gasteiger partial charge < -0.3 is 18.9 Å². The SMILES string of the molecule is COc1ccc(-c2noc(CCCC(=O)N3CCC(c4ccc(OC)cc4)C3)n2)cc1. The highest BCUT2D eigenvalue weighted by molar-refractivity contribution is 5.76. The molecule has 2 heterocycles. The van der Waals surface area contributed by atoms with Crippen LogP contribution in [0.5, 0.6) is 11.5 Å². The maximum Gasteiger partial charge on any atom is 0.226 e. The molecule has 1 amide bonds. The van der Waals surface area contributed by atoms with Gasteiger partial charge in [-0.2, -0.15) is 4.98 Å². The molecule has 0 bridgehead atoms. The van der Waals surface area contributed by atoms with Gasteiger partial charge >= 0.3 is 0 Å². The maximum atomic E-state index is 12.6. The van der Waals surface area contributed by atoms with E-state index in [1.165, 1.54) is 5.56 Å². The number of hydrogen-bond acceptors (Lipinski definition) is 6. The van der Waals surface area contributed by atoms with Gasteiger partial charge in [0, 0.05) is 37.4 Å². The first-order valence-corrected chi connectivity index (χ1v) is 10.5. The number of amides is 1. The van der Waals surface area contributed by atoms with Crippen molar-refractivity contribution in [2.75, 3.05) is 27.3 Å². The second-order valence-corrected chi connectivity index (χ2v) is 7.69. The Kier molecular flexibility index (Phi) is 6.50. The lowest BCUT2D eigenvalue weighted by Crippen LogP contribution is -2.28. The Hall–Kier alpha value is -3.35. The second-order valence-electron chi connectivity index (χ2n) is 7.69. The molecule has 0 aliphatic carbocycles. The van der Waals surface area contributed by atoms with E-state index in [-0.39, 0.29) is 5.91 Å².